The molecule has 17 heavy (non-hydrogen) atoms. The number of anilines is 2. The Morgan fingerprint density at radius 1 is 1.35 bits per heavy atom. The SMILES string of the molecule is NC(=S)c1ccnnc1Nc1cccc(Cl)c1. The van der Waals surface area contributed by atoms with Gasteiger partial charge in [-0.25, -0.2) is 0 Å². The minimum atomic E-state index is 0.268. The van der Waals surface area contributed by atoms with Gasteiger partial charge in [0.15, 0.2) is 5.82 Å². The molecule has 6 heteroatoms. The predicted octanol–water partition coefficient (Wildman–Crippen LogP) is 2.51. The average molecular weight is 265 g/mol. The third kappa shape index (κ3) is 2.89. The summed E-state index contributed by atoms with van der Waals surface area (Å²) in [6, 6.07) is 8.98. The standard InChI is InChI=1S/C11H9ClN4S/c12-7-2-1-3-8(6-7)15-11-9(10(13)17)4-5-14-16-11/h1-6H,(H2,13,17)(H,15,16). The lowest BCUT2D eigenvalue weighted by atomic mass is 10.2. The Hall–Kier alpha value is -1.72. The van der Waals surface area contributed by atoms with Crippen molar-refractivity contribution < 1.29 is 0 Å². The molecule has 0 fully saturated rings. The minimum Gasteiger partial charge on any atom is -0.389 e. The second-order valence-corrected chi connectivity index (χ2v) is 4.17. The van der Waals surface area contributed by atoms with Crippen molar-refractivity contribution in [3.05, 3.63) is 47.1 Å². The molecule has 3 N–H and O–H groups in total. The fourth-order valence-electron chi connectivity index (χ4n) is 1.33. The largest absolute Gasteiger partial charge is 0.389 e. The van der Waals surface area contributed by atoms with Crippen molar-refractivity contribution in [3.63, 3.8) is 0 Å². The maximum atomic E-state index is 5.89. The molecule has 0 radical (unpaired) electrons. The summed E-state index contributed by atoms with van der Waals surface area (Å²) in [6.07, 6.45) is 1.54. The third-order valence-corrected chi connectivity index (χ3v) is 2.53. The summed E-state index contributed by atoms with van der Waals surface area (Å²) in [7, 11) is 0. The molecule has 0 amide bonds. The molecule has 0 aliphatic heterocycles. The zero-order valence-electron chi connectivity index (χ0n) is 8.72. The molecule has 2 aromatic rings. The molecule has 0 aliphatic rings. The fourth-order valence-corrected chi connectivity index (χ4v) is 1.68. The Bertz CT molecular complexity index is 559. The van der Waals surface area contributed by atoms with E-state index < -0.39 is 0 Å². The van der Waals surface area contributed by atoms with E-state index in [2.05, 4.69) is 15.5 Å². The van der Waals surface area contributed by atoms with Gasteiger partial charge in [-0.15, -0.1) is 5.10 Å². The normalized spacial score (nSPS) is 9.94. The topological polar surface area (TPSA) is 63.8 Å². The van der Waals surface area contributed by atoms with Crippen molar-refractivity contribution in [2.45, 2.75) is 0 Å². The summed E-state index contributed by atoms with van der Waals surface area (Å²) in [5, 5.41) is 11.4. The average Bonchev–Trinajstić information content (AvgIpc) is 2.29. The first kappa shape index (κ1) is 11.8. The van der Waals surface area contributed by atoms with Gasteiger partial charge in [-0.3, -0.25) is 0 Å². The highest BCUT2D eigenvalue weighted by Crippen LogP contribution is 2.20. The lowest BCUT2D eigenvalue weighted by Gasteiger charge is -2.08. The summed E-state index contributed by atoms with van der Waals surface area (Å²) in [6.45, 7) is 0. The summed E-state index contributed by atoms with van der Waals surface area (Å²) in [5.74, 6) is 0.516. The zero-order valence-corrected chi connectivity index (χ0v) is 10.3. The summed E-state index contributed by atoms with van der Waals surface area (Å²) < 4.78 is 0. The molecule has 0 saturated heterocycles. The first-order valence-corrected chi connectivity index (χ1v) is 5.59. The van der Waals surface area contributed by atoms with Crippen molar-refractivity contribution in [3.8, 4) is 0 Å². The van der Waals surface area contributed by atoms with Gasteiger partial charge >= 0.3 is 0 Å². The number of nitrogens with two attached hydrogens (primary N) is 1. The van der Waals surface area contributed by atoms with Gasteiger partial charge in [-0.2, -0.15) is 5.10 Å². The quantitative estimate of drug-likeness (QED) is 0.834. The molecule has 2 rings (SSSR count). The van der Waals surface area contributed by atoms with Gasteiger partial charge in [0.25, 0.3) is 0 Å². The Balaban J connectivity index is 2.33. The highest BCUT2D eigenvalue weighted by Gasteiger charge is 2.06. The van der Waals surface area contributed by atoms with Gasteiger partial charge < -0.3 is 11.1 Å². The van der Waals surface area contributed by atoms with E-state index in [1.807, 2.05) is 12.1 Å². The number of rotatable bonds is 3. The lowest BCUT2D eigenvalue weighted by molar-refractivity contribution is 1.03. The molecule has 0 saturated carbocycles. The van der Waals surface area contributed by atoms with E-state index in [-0.39, 0.29) is 4.99 Å². The Labute approximate surface area is 109 Å². The van der Waals surface area contributed by atoms with Crippen LogP contribution in [0.25, 0.3) is 0 Å². The van der Waals surface area contributed by atoms with Crippen LogP contribution in [0.3, 0.4) is 0 Å². The summed E-state index contributed by atoms with van der Waals surface area (Å²) >= 11 is 10.8. The smallest absolute Gasteiger partial charge is 0.163 e. The molecule has 0 unspecified atom stereocenters. The number of thiocarbonyl (C=S) groups is 1. The van der Waals surface area contributed by atoms with E-state index in [4.69, 9.17) is 29.6 Å². The first-order valence-electron chi connectivity index (χ1n) is 4.81. The van der Waals surface area contributed by atoms with Crippen molar-refractivity contribution in [1.29, 1.82) is 0 Å². The van der Waals surface area contributed by atoms with Crippen LogP contribution in [0.2, 0.25) is 5.02 Å². The molecule has 1 heterocycles. The molecule has 86 valence electrons. The Morgan fingerprint density at radius 3 is 2.88 bits per heavy atom. The fraction of sp³-hybridized carbons (Fsp3) is 0. The molecule has 1 aromatic heterocycles. The molecular formula is C11H9ClN4S. The number of benzene rings is 1. The molecule has 0 bridgehead atoms. The Kier molecular flexibility index (Phi) is 3.51. The minimum absolute atomic E-state index is 0.268. The van der Waals surface area contributed by atoms with Crippen LogP contribution >= 0.6 is 23.8 Å². The summed E-state index contributed by atoms with van der Waals surface area (Å²) in [4.78, 5) is 0.268. The van der Waals surface area contributed by atoms with Crippen LogP contribution in [0.5, 0.6) is 0 Å². The van der Waals surface area contributed by atoms with Crippen LogP contribution in [-0.4, -0.2) is 15.2 Å². The molecule has 0 spiro atoms. The van der Waals surface area contributed by atoms with E-state index in [0.29, 0.717) is 16.4 Å². The van der Waals surface area contributed by atoms with Crippen LogP contribution in [-0.2, 0) is 0 Å². The maximum absolute atomic E-state index is 5.89. The third-order valence-electron chi connectivity index (χ3n) is 2.07. The van der Waals surface area contributed by atoms with Crippen LogP contribution in [0.4, 0.5) is 11.5 Å². The highest BCUT2D eigenvalue weighted by molar-refractivity contribution is 7.80. The molecule has 1 aromatic carbocycles. The van der Waals surface area contributed by atoms with E-state index in [9.17, 15) is 0 Å². The van der Waals surface area contributed by atoms with Gasteiger partial charge in [0, 0.05) is 10.7 Å². The zero-order chi connectivity index (χ0) is 12.3. The van der Waals surface area contributed by atoms with Gasteiger partial charge in [-0.05, 0) is 24.3 Å². The van der Waals surface area contributed by atoms with Crippen LogP contribution in [0.1, 0.15) is 5.56 Å². The van der Waals surface area contributed by atoms with Crippen LogP contribution < -0.4 is 11.1 Å². The van der Waals surface area contributed by atoms with Crippen LogP contribution in [0, 0.1) is 0 Å². The van der Waals surface area contributed by atoms with E-state index >= 15 is 0 Å². The van der Waals surface area contributed by atoms with E-state index in [1.165, 1.54) is 6.20 Å². The first-order chi connectivity index (χ1) is 8.16. The highest BCUT2D eigenvalue weighted by atomic mass is 35.5. The van der Waals surface area contributed by atoms with Crippen molar-refractivity contribution in [1.82, 2.24) is 10.2 Å². The van der Waals surface area contributed by atoms with Gasteiger partial charge in [0.05, 0.1) is 11.8 Å². The second-order valence-electron chi connectivity index (χ2n) is 3.29. The molecule has 4 nitrogen and oxygen atoms in total. The number of aromatic nitrogens is 2. The second kappa shape index (κ2) is 5.07. The monoisotopic (exact) mass is 264 g/mol. The maximum Gasteiger partial charge on any atom is 0.163 e. The van der Waals surface area contributed by atoms with Crippen molar-refractivity contribution in [2.75, 3.05) is 5.32 Å². The Morgan fingerprint density at radius 2 is 2.18 bits per heavy atom. The molecule has 0 aliphatic carbocycles. The number of nitrogens with zero attached hydrogens (tertiary/aromatic N) is 2. The number of hydrogen-bond acceptors (Lipinski definition) is 4. The van der Waals surface area contributed by atoms with E-state index in [1.54, 1.807) is 18.2 Å². The number of nitrogens with one attached hydrogen (secondary N) is 1. The molecular weight excluding hydrogens is 256 g/mol. The van der Waals surface area contributed by atoms with Gasteiger partial charge in [0.2, 0.25) is 0 Å². The molecule has 0 atom stereocenters. The predicted molar refractivity (Wildman–Crippen MR) is 72.7 cm³/mol. The number of hydrogen-bond donors (Lipinski definition) is 2. The van der Waals surface area contributed by atoms with Crippen molar-refractivity contribution in [2.24, 2.45) is 5.73 Å². The lowest BCUT2D eigenvalue weighted by Crippen LogP contribution is -2.13. The van der Waals surface area contributed by atoms with Crippen molar-refractivity contribution >= 4 is 40.3 Å². The number of halogens is 1. The van der Waals surface area contributed by atoms with Gasteiger partial charge in [-0.1, -0.05) is 29.9 Å². The summed E-state index contributed by atoms with van der Waals surface area (Å²) in [5.41, 5.74) is 7.05. The van der Waals surface area contributed by atoms with Gasteiger partial charge in [0.1, 0.15) is 4.99 Å². The van der Waals surface area contributed by atoms with Crippen LogP contribution in [0.15, 0.2) is 36.5 Å². The van der Waals surface area contributed by atoms with E-state index in [0.717, 1.165) is 5.69 Å².